The molecule has 0 fully saturated rings. The van der Waals surface area contributed by atoms with Gasteiger partial charge in [0.15, 0.2) is 11.7 Å². The molecule has 2 aliphatic rings. The van der Waals surface area contributed by atoms with Gasteiger partial charge in [0.1, 0.15) is 5.82 Å². The van der Waals surface area contributed by atoms with E-state index in [0.29, 0.717) is 0 Å². The van der Waals surface area contributed by atoms with E-state index in [-0.39, 0.29) is 16.8 Å². The van der Waals surface area contributed by atoms with Gasteiger partial charge in [-0.25, -0.2) is 4.39 Å². The van der Waals surface area contributed by atoms with Crippen molar-refractivity contribution < 1.29 is 8.96 Å². The van der Waals surface area contributed by atoms with Crippen LogP contribution in [0.15, 0.2) is 55.3 Å². The molecule has 2 heteroatoms. The number of allylic oxidation sites excluding steroid dienone is 1. The molecule has 148 valence electrons. The Morgan fingerprint density at radius 1 is 1.00 bits per heavy atom. The summed E-state index contributed by atoms with van der Waals surface area (Å²) in [5.41, 5.74) is 4.74. The molecule has 0 radical (unpaired) electrons. The van der Waals surface area contributed by atoms with Crippen molar-refractivity contribution in [3.63, 3.8) is 0 Å². The van der Waals surface area contributed by atoms with E-state index in [9.17, 15) is 0 Å². The van der Waals surface area contributed by atoms with Gasteiger partial charge in [-0.05, 0) is 42.0 Å². The average Bonchev–Trinajstić information content (AvgIpc) is 2.72. The van der Waals surface area contributed by atoms with Crippen LogP contribution in [0.4, 0.5) is 4.39 Å². The summed E-state index contributed by atoms with van der Waals surface area (Å²) in [5.74, 6) is -0.104. The third kappa shape index (κ3) is 1.84. The molecule has 2 heterocycles. The van der Waals surface area contributed by atoms with Crippen molar-refractivity contribution in [3.05, 3.63) is 77.8 Å². The van der Waals surface area contributed by atoms with Crippen LogP contribution in [-0.2, 0) is 16.4 Å². The molecular formula is C27H29FN+. The maximum Gasteiger partial charge on any atom is 0.222 e. The van der Waals surface area contributed by atoms with E-state index < -0.39 is 5.41 Å². The zero-order valence-corrected chi connectivity index (χ0v) is 18.1. The number of rotatable bonds is 3. The van der Waals surface area contributed by atoms with Crippen molar-refractivity contribution in [2.24, 2.45) is 0 Å². The van der Waals surface area contributed by atoms with Gasteiger partial charge in [-0.3, -0.25) is 0 Å². The minimum Gasteiger partial charge on any atom is -0.207 e. The van der Waals surface area contributed by atoms with Crippen molar-refractivity contribution in [3.8, 4) is 11.3 Å². The van der Waals surface area contributed by atoms with E-state index in [1.165, 1.54) is 21.9 Å². The molecule has 0 saturated heterocycles. The first kappa shape index (κ1) is 18.5. The molecule has 0 bridgehead atoms. The second-order valence-corrected chi connectivity index (χ2v) is 9.44. The standard InChI is InChI=1S/C27H29FN/c1-7-26(6)19-13-14-20(28)23-22(19)24-21-17(11-10-12-18(21)25(23,4)5)15-16-29(24)27(26,8-2)9-3/h8,10-16H,2,7,9H2,1,3-6H3/q+1. The lowest BCUT2D eigenvalue weighted by Gasteiger charge is -2.49. The molecule has 29 heavy (non-hydrogen) atoms. The fourth-order valence-electron chi connectivity index (χ4n) is 6.47. The van der Waals surface area contributed by atoms with Gasteiger partial charge in [0, 0.05) is 23.5 Å². The third-order valence-electron chi connectivity index (χ3n) is 8.23. The Labute approximate surface area is 172 Å². The minimum absolute atomic E-state index is 0.104. The smallest absolute Gasteiger partial charge is 0.207 e. The Balaban J connectivity index is 2.13. The lowest BCUT2D eigenvalue weighted by atomic mass is 9.56. The highest BCUT2D eigenvalue weighted by Crippen LogP contribution is 2.57. The molecule has 1 nitrogen and oxygen atoms in total. The number of halogens is 1. The zero-order valence-electron chi connectivity index (χ0n) is 18.1. The number of nitrogens with zero attached hydrogens (tertiary/aromatic N) is 1. The van der Waals surface area contributed by atoms with E-state index in [1.807, 2.05) is 6.07 Å². The molecule has 2 unspecified atom stereocenters. The van der Waals surface area contributed by atoms with Crippen molar-refractivity contribution in [2.75, 3.05) is 0 Å². The van der Waals surface area contributed by atoms with Crippen LogP contribution >= 0.6 is 0 Å². The summed E-state index contributed by atoms with van der Waals surface area (Å²) in [6.45, 7) is 15.5. The Bertz CT molecular complexity index is 1200. The van der Waals surface area contributed by atoms with E-state index in [0.717, 1.165) is 29.7 Å². The van der Waals surface area contributed by atoms with Gasteiger partial charge in [0.05, 0.1) is 16.4 Å². The number of aromatic nitrogens is 1. The molecule has 1 aliphatic heterocycles. The summed E-state index contributed by atoms with van der Waals surface area (Å²) < 4.78 is 17.9. The van der Waals surface area contributed by atoms with E-state index >= 15 is 4.39 Å². The van der Waals surface area contributed by atoms with Gasteiger partial charge in [0.25, 0.3) is 0 Å². The quantitative estimate of drug-likeness (QED) is 0.355. The predicted molar refractivity (Wildman–Crippen MR) is 118 cm³/mol. The summed E-state index contributed by atoms with van der Waals surface area (Å²) >= 11 is 0. The van der Waals surface area contributed by atoms with E-state index in [4.69, 9.17) is 0 Å². The van der Waals surface area contributed by atoms with Crippen LogP contribution < -0.4 is 4.57 Å². The molecule has 1 aromatic heterocycles. The summed E-state index contributed by atoms with van der Waals surface area (Å²) in [6, 6.07) is 12.4. The van der Waals surface area contributed by atoms with E-state index in [1.54, 1.807) is 6.07 Å². The number of benzene rings is 2. The summed E-state index contributed by atoms with van der Waals surface area (Å²) in [4.78, 5) is 0. The van der Waals surface area contributed by atoms with Crippen LogP contribution in [0, 0.1) is 5.82 Å². The molecule has 3 aromatic rings. The van der Waals surface area contributed by atoms with Gasteiger partial charge < -0.3 is 0 Å². The first-order valence-corrected chi connectivity index (χ1v) is 10.7. The van der Waals surface area contributed by atoms with Crippen molar-refractivity contribution >= 4 is 10.8 Å². The maximum atomic E-state index is 15.5. The van der Waals surface area contributed by atoms with Crippen LogP contribution in [0.5, 0.6) is 0 Å². The molecule has 0 spiro atoms. The van der Waals surface area contributed by atoms with Crippen LogP contribution in [0.1, 0.15) is 64.2 Å². The molecule has 0 saturated carbocycles. The number of hydrogen-bond donors (Lipinski definition) is 0. The highest BCUT2D eigenvalue weighted by molar-refractivity contribution is 6.01. The average molecular weight is 387 g/mol. The van der Waals surface area contributed by atoms with Crippen LogP contribution in [0.25, 0.3) is 22.0 Å². The number of hydrogen-bond acceptors (Lipinski definition) is 0. The summed E-state index contributed by atoms with van der Waals surface area (Å²) in [5, 5.41) is 2.48. The van der Waals surface area contributed by atoms with Crippen molar-refractivity contribution in [1.29, 1.82) is 0 Å². The Morgan fingerprint density at radius 2 is 1.76 bits per heavy atom. The highest BCUT2D eigenvalue weighted by Gasteiger charge is 2.60. The summed E-state index contributed by atoms with van der Waals surface area (Å²) in [6.07, 6.45) is 6.23. The lowest BCUT2D eigenvalue weighted by Crippen LogP contribution is -2.68. The SMILES string of the molecule is C=CC1(CC)[n+]2ccc3cccc4c3c2-c2c(ccc(F)c2C4(C)C)C1(C)CC. The van der Waals surface area contributed by atoms with Gasteiger partial charge in [-0.1, -0.05) is 58.5 Å². The zero-order chi connectivity index (χ0) is 20.8. The number of pyridine rings is 1. The molecule has 2 aromatic carbocycles. The topological polar surface area (TPSA) is 3.88 Å². The van der Waals surface area contributed by atoms with Gasteiger partial charge in [0.2, 0.25) is 5.69 Å². The van der Waals surface area contributed by atoms with Crippen LogP contribution in [0.3, 0.4) is 0 Å². The first-order valence-electron chi connectivity index (χ1n) is 10.7. The summed E-state index contributed by atoms with van der Waals surface area (Å²) in [7, 11) is 0. The first-order chi connectivity index (χ1) is 13.8. The largest absolute Gasteiger partial charge is 0.222 e. The molecule has 0 amide bonds. The monoisotopic (exact) mass is 386 g/mol. The molecule has 5 rings (SSSR count). The second-order valence-electron chi connectivity index (χ2n) is 9.44. The lowest BCUT2D eigenvalue weighted by molar-refractivity contribution is -0.755. The molecule has 1 aliphatic carbocycles. The van der Waals surface area contributed by atoms with Crippen molar-refractivity contribution in [1.82, 2.24) is 0 Å². The Kier molecular flexibility index (Phi) is 3.56. The van der Waals surface area contributed by atoms with E-state index in [2.05, 4.69) is 82.3 Å². The highest BCUT2D eigenvalue weighted by atomic mass is 19.1. The molecule has 2 atom stereocenters. The second kappa shape index (κ2) is 5.56. The Hall–Kier alpha value is -2.48. The maximum absolute atomic E-state index is 15.5. The molecular weight excluding hydrogens is 357 g/mol. The van der Waals surface area contributed by atoms with Crippen molar-refractivity contribution in [2.45, 2.75) is 63.8 Å². The van der Waals surface area contributed by atoms with Gasteiger partial charge in [-0.2, -0.15) is 4.57 Å². The fraction of sp³-hybridized carbons (Fsp3) is 0.370. The van der Waals surface area contributed by atoms with Crippen LogP contribution in [-0.4, -0.2) is 0 Å². The van der Waals surface area contributed by atoms with Crippen LogP contribution in [0.2, 0.25) is 0 Å². The minimum atomic E-state index is -0.393. The Morgan fingerprint density at radius 3 is 2.41 bits per heavy atom. The third-order valence-corrected chi connectivity index (χ3v) is 8.23. The predicted octanol–water partition coefficient (Wildman–Crippen LogP) is 6.55. The fourth-order valence-corrected chi connectivity index (χ4v) is 6.47. The normalized spacial score (nSPS) is 25.9. The van der Waals surface area contributed by atoms with Gasteiger partial charge in [-0.15, -0.1) is 0 Å². The van der Waals surface area contributed by atoms with Gasteiger partial charge >= 0.3 is 0 Å². The molecule has 0 N–H and O–H groups in total.